The molecule has 1 aliphatic carbocycles. The number of hydrogen-bond acceptors (Lipinski definition) is 3. The van der Waals surface area contributed by atoms with Crippen molar-refractivity contribution in [2.24, 2.45) is 0 Å². The van der Waals surface area contributed by atoms with Gasteiger partial charge in [-0.1, -0.05) is 45.0 Å². The van der Waals surface area contributed by atoms with Crippen LogP contribution in [0.3, 0.4) is 0 Å². The van der Waals surface area contributed by atoms with Crippen molar-refractivity contribution in [1.82, 2.24) is 5.32 Å². The number of nitrogens with one attached hydrogen (secondary N) is 1. The number of carbonyl (C=O) groups excluding carboxylic acids is 1. The smallest absolute Gasteiger partial charge is 0.230 e. The van der Waals surface area contributed by atoms with E-state index in [9.17, 15) is 9.90 Å². The molecule has 0 bridgehead atoms. The minimum absolute atomic E-state index is 0.00571. The molecule has 1 aromatic rings. The maximum Gasteiger partial charge on any atom is 0.230 e. The van der Waals surface area contributed by atoms with E-state index in [1.807, 2.05) is 0 Å². The predicted octanol–water partition coefficient (Wildman–Crippen LogP) is 2.14. The van der Waals surface area contributed by atoms with E-state index in [0.717, 1.165) is 18.4 Å². The highest BCUT2D eigenvalue weighted by atomic mass is 16.5. The van der Waals surface area contributed by atoms with Crippen LogP contribution in [0, 0.1) is 0 Å². The number of benzene rings is 1. The van der Waals surface area contributed by atoms with Gasteiger partial charge in [0.1, 0.15) is 0 Å². The molecule has 122 valence electrons. The van der Waals surface area contributed by atoms with Gasteiger partial charge in [-0.2, -0.15) is 0 Å². The Morgan fingerprint density at radius 3 is 2.36 bits per heavy atom. The molecule has 0 aromatic heterocycles. The van der Waals surface area contributed by atoms with Gasteiger partial charge in [-0.05, 0) is 29.4 Å². The molecule has 4 nitrogen and oxygen atoms in total. The van der Waals surface area contributed by atoms with Crippen molar-refractivity contribution in [1.29, 1.82) is 0 Å². The third kappa shape index (κ3) is 3.68. The summed E-state index contributed by atoms with van der Waals surface area (Å²) in [4.78, 5) is 12.5. The highest BCUT2D eigenvalue weighted by Gasteiger charge is 2.51. The van der Waals surface area contributed by atoms with Crippen LogP contribution in [0.1, 0.15) is 44.7 Å². The number of ether oxygens (including phenoxy) is 1. The van der Waals surface area contributed by atoms with E-state index in [2.05, 4.69) is 50.4 Å². The van der Waals surface area contributed by atoms with Crippen LogP contribution < -0.4 is 5.32 Å². The molecule has 2 N–H and O–H groups in total. The van der Waals surface area contributed by atoms with E-state index in [-0.39, 0.29) is 24.5 Å². The van der Waals surface area contributed by atoms with Crippen LogP contribution in [0.2, 0.25) is 0 Å². The summed E-state index contributed by atoms with van der Waals surface area (Å²) in [6.07, 6.45) is 1.08. The number of hydrogen-bond donors (Lipinski definition) is 2. The second-order valence-electron chi connectivity index (χ2n) is 7.23. The van der Waals surface area contributed by atoms with Gasteiger partial charge >= 0.3 is 0 Å². The quantitative estimate of drug-likeness (QED) is 0.846. The number of carbonyl (C=O) groups is 1. The first-order valence-corrected chi connectivity index (χ1v) is 7.86. The zero-order chi connectivity index (χ0) is 16.4. The summed E-state index contributed by atoms with van der Waals surface area (Å²) < 4.78 is 4.87. The van der Waals surface area contributed by atoms with Crippen molar-refractivity contribution in [3.8, 4) is 0 Å². The van der Waals surface area contributed by atoms with Crippen LogP contribution >= 0.6 is 0 Å². The summed E-state index contributed by atoms with van der Waals surface area (Å²) in [5.74, 6) is 0.00571. The average molecular weight is 305 g/mol. The summed E-state index contributed by atoms with van der Waals surface area (Å²) in [6.45, 7) is 7.00. The van der Waals surface area contributed by atoms with Crippen molar-refractivity contribution >= 4 is 5.91 Å². The molecule has 0 saturated heterocycles. The number of rotatable bonds is 6. The number of amides is 1. The average Bonchev–Trinajstić information content (AvgIpc) is 3.26. The molecule has 0 heterocycles. The lowest BCUT2D eigenvalue weighted by Crippen LogP contribution is -2.40. The fourth-order valence-electron chi connectivity index (χ4n) is 2.69. The Bertz CT molecular complexity index is 512. The highest BCUT2D eigenvalue weighted by Crippen LogP contribution is 2.48. The number of aliphatic hydroxyl groups excluding tert-OH is 1. The van der Waals surface area contributed by atoms with Crippen molar-refractivity contribution in [2.45, 2.75) is 50.5 Å². The van der Waals surface area contributed by atoms with E-state index in [4.69, 9.17) is 4.74 Å². The lowest BCUT2D eigenvalue weighted by Gasteiger charge is -2.21. The lowest BCUT2D eigenvalue weighted by molar-refractivity contribution is -0.124. The molecule has 1 amide bonds. The van der Waals surface area contributed by atoms with E-state index in [1.165, 1.54) is 12.7 Å². The second-order valence-corrected chi connectivity index (χ2v) is 7.23. The Kier molecular flexibility index (Phi) is 4.93. The van der Waals surface area contributed by atoms with Gasteiger partial charge in [0.15, 0.2) is 0 Å². The third-order valence-corrected chi connectivity index (χ3v) is 4.35. The Morgan fingerprint density at radius 2 is 1.91 bits per heavy atom. The van der Waals surface area contributed by atoms with E-state index >= 15 is 0 Å². The van der Waals surface area contributed by atoms with Crippen molar-refractivity contribution in [2.75, 3.05) is 20.3 Å². The third-order valence-electron chi connectivity index (χ3n) is 4.35. The van der Waals surface area contributed by atoms with Gasteiger partial charge in [-0.25, -0.2) is 0 Å². The predicted molar refractivity (Wildman–Crippen MR) is 86.9 cm³/mol. The molecule has 0 radical (unpaired) electrons. The van der Waals surface area contributed by atoms with Gasteiger partial charge < -0.3 is 15.2 Å². The largest absolute Gasteiger partial charge is 0.389 e. The van der Waals surface area contributed by atoms with Gasteiger partial charge in [-0.3, -0.25) is 4.79 Å². The maximum atomic E-state index is 12.5. The van der Waals surface area contributed by atoms with Crippen LogP contribution in [0.15, 0.2) is 24.3 Å². The van der Waals surface area contributed by atoms with Crippen LogP contribution in [0.5, 0.6) is 0 Å². The molecule has 22 heavy (non-hydrogen) atoms. The standard InChI is InChI=1S/C18H27NO3/c1-17(2,3)13-5-7-14(8-6-13)18(9-10-18)16(21)19-11-15(20)12-22-4/h5-8,15,20H,9-12H2,1-4H3,(H,19,21). The molecule has 1 saturated carbocycles. The first-order chi connectivity index (χ1) is 10.3. The Morgan fingerprint density at radius 1 is 1.32 bits per heavy atom. The van der Waals surface area contributed by atoms with E-state index < -0.39 is 11.5 Å². The lowest BCUT2D eigenvalue weighted by atomic mass is 9.85. The van der Waals surface area contributed by atoms with Crippen molar-refractivity contribution in [3.05, 3.63) is 35.4 Å². The van der Waals surface area contributed by atoms with Crippen molar-refractivity contribution in [3.63, 3.8) is 0 Å². The zero-order valence-electron chi connectivity index (χ0n) is 14.0. The summed E-state index contributed by atoms with van der Waals surface area (Å²) in [5.41, 5.74) is 2.05. The number of aliphatic hydroxyl groups is 1. The molecular formula is C18H27NO3. The molecule has 4 heteroatoms. The van der Waals surface area contributed by atoms with E-state index in [0.29, 0.717) is 0 Å². The first-order valence-electron chi connectivity index (χ1n) is 7.86. The summed E-state index contributed by atoms with van der Waals surface area (Å²) in [6, 6.07) is 8.36. The summed E-state index contributed by atoms with van der Waals surface area (Å²) >= 11 is 0. The van der Waals surface area contributed by atoms with Crippen LogP contribution in [0.25, 0.3) is 0 Å². The Hall–Kier alpha value is -1.39. The van der Waals surface area contributed by atoms with Crippen LogP contribution in [0.4, 0.5) is 0 Å². The minimum Gasteiger partial charge on any atom is -0.389 e. The Balaban J connectivity index is 2.03. The molecule has 1 aromatic carbocycles. The monoisotopic (exact) mass is 305 g/mol. The maximum absolute atomic E-state index is 12.5. The van der Waals surface area contributed by atoms with E-state index in [1.54, 1.807) is 0 Å². The molecular weight excluding hydrogens is 278 g/mol. The molecule has 2 rings (SSSR count). The zero-order valence-corrected chi connectivity index (χ0v) is 14.0. The van der Waals surface area contributed by atoms with Crippen LogP contribution in [-0.2, 0) is 20.4 Å². The minimum atomic E-state index is -0.659. The summed E-state index contributed by atoms with van der Waals surface area (Å²) in [5, 5.41) is 12.5. The second kappa shape index (κ2) is 6.39. The van der Waals surface area contributed by atoms with Gasteiger partial charge in [0.2, 0.25) is 5.91 Å². The first kappa shape index (κ1) is 17.0. The normalized spacial score (nSPS) is 17.9. The van der Waals surface area contributed by atoms with Gasteiger partial charge in [0, 0.05) is 13.7 Å². The van der Waals surface area contributed by atoms with Crippen molar-refractivity contribution < 1.29 is 14.6 Å². The molecule has 0 aliphatic heterocycles. The highest BCUT2D eigenvalue weighted by molar-refractivity contribution is 5.91. The number of methoxy groups -OCH3 is 1. The SMILES string of the molecule is COCC(O)CNC(=O)C1(c2ccc(C(C)(C)C)cc2)CC1. The Labute approximate surface area is 132 Å². The van der Waals surface area contributed by atoms with Gasteiger partial charge in [-0.15, -0.1) is 0 Å². The summed E-state index contributed by atoms with van der Waals surface area (Å²) in [7, 11) is 1.53. The van der Waals surface area contributed by atoms with Gasteiger partial charge in [0.05, 0.1) is 18.1 Å². The van der Waals surface area contributed by atoms with Crippen LogP contribution in [-0.4, -0.2) is 37.4 Å². The van der Waals surface area contributed by atoms with Gasteiger partial charge in [0.25, 0.3) is 0 Å². The fourth-order valence-corrected chi connectivity index (χ4v) is 2.69. The molecule has 1 fully saturated rings. The molecule has 1 aliphatic rings. The molecule has 0 spiro atoms. The fraction of sp³-hybridized carbons (Fsp3) is 0.611. The molecule has 1 unspecified atom stereocenters. The molecule has 1 atom stereocenters. The topological polar surface area (TPSA) is 58.6 Å².